The normalized spacial score (nSPS) is 11.2. The predicted octanol–water partition coefficient (Wildman–Crippen LogP) is 2.67. The summed E-state index contributed by atoms with van der Waals surface area (Å²) in [5, 5.41) is 13.3. The van der Waals surface area contributed by atoms with Crippen LogP contribution in [0.1, 0.15) is 16.5 Å². The zero-order valence-electron chi connectivity index (χ0n) is 10.3. The number of fused-ring (bicyclic) bond motifs is 1. The number of thiazole rings is 1. The number of benzene rings is 1. The molecule has 0 saturated heterocycles. The number of nitrogens with zero attached hydrogens (tertiary/aromatic N) is 1. The molecule has 0 fully saturated rings. The average Bonchev–Trinajstić information content (AvgIpc) is 3.04. The van der Waals surface area contributed by atoms with E-state index in [9.17, 15) is 0 Å². The number of para-hydroxylation sites is 1. The molecular weight excluding hydrogens is 260 g/mol. The lowest BCUT2D eigenvalue weighted by atomic mass is 10.3. The van der Waals surface area contributed by atoms with Crippen molar-refractivity contribution in [1.82, 2.24) is 10.3 Å². The fraction of sp³-hybridized carbons (Fsp3) is 0.214. The third-order valence-electron chi connectivity index (χ3n) is 2.79. The SMILES string of the molecule is OCc1ccc(CNCc2nc3ccccc3s2)o1. The molecule has 2 N–H and O–H groups in total. The molecule has 0 spiro atoms. The van der Waals surface area contributed by atoms with Crippen LogP contribution in [0.4, 0.5) is 0 Å². The summed E-state index contributed by atoms with van der Waals surface area (Å²) in [4.78, 5) is 4.55. The van der Waals surface area contributed by atoms with Gasteiger partial charge in [0.05, 0.1) is 16.8 Å². The van der Waals surface area contributed by atoms with Gasteiger partial charge in [0.2, 0.25) is 0 Å². The van der Waals surface area contributed by atoms with E-state index in [0.717, 1.165) is 16.3 Å². The number of rotatable bonds is 5. The standard InChI is InChI=1S/C14H14N2O2S/c17-9-11-6-5-10(18-11)7-15-8-14-16-12-3-1-2-4-13(12)19-14/h1-6,15,17H,7-9H2. The zero-order valence-corrected chi connectivity index (χ0v) is 11.1. The molecule has 0 saturated carbocycles. The van der Waals surface area contributed by atoms with E-state index in [2.05, 4.69) is 16.4 Å². The Bertz CT molecular complexity index is 642. The Hall–Kier alpha value is -1.69. The quantitative estimate of drug-likeness (QED) is 0.751. The fourth-order valence-corrected chi connectivity index (χ4v) is 2.83. The Morgan fingerprint density at radius 1 is 1.11 bits per heavy atom. The average molecular weight is 274 g/mol. The first-order chi connectivity index (χ1) is 9.35. The van der Waals surface area contributed by atoms with Gasteiger partial charge in [-0.15, -0.1) is 11.3 Å². The Kier molecular flexibility index (Phi) is 3.59. The van der Waals surface area contributed by atoms with E-state index < -0.39 is 0 Å². The number of hydrogen-bond donors (Lipinski definition) is 2. The van der Waals surface area contributed by atoms with E-state index in [0.29, 0.717) is 18.8 Å². The summed E-state index contributed by atoms with van der Waals surface area (Å²) in [6, 6.07) is 11.8. The van der Waals surface area contributed by atoms with Crippen LogP contribution in [0.25, 0.3) is 10.2 Å². The summed E-state index contributed by atoms with van der Waals surface area (Å²) in [5.41, 5.74) is 1.05. The Morgan fingerprint density at radius 3 is 2.74 bits per heavy atom. The summed E-state index contributed by atoms with van der Waals surface area (Å²) in [6.07, 6.45) is 0. The van der Waals surface area contributed by atoms with E-state index in [1.807, 2.05) is 24.3 Å². The minimum atomic E-state index is -0.0577. The molecule has 3 aromatic rings. The van der Waals surface area contributed by atoms with Crippen LogP contribution in [-0.2, 0) is 19.7 Å². The van der Waals surface area contributed by atoms with Crippen LogP contribution in [-0.4, -0.2) is 10.1 Å². The maximum atomic E-state index is 8.91. The molecule has 19 heavy (non-hydrogen) atoms. The molecule has 4 nitrogen and oxygen atoms in total. The van der Waals surface area contributed by atoms with E-state index in [-0.39, 0.29) is 6.61 Å². The third kappa shape index (κ3) is 2.84. The van der Waals surface area contributed by atoms with Gasteiger partial charge in [0.1, 0.15) is 23.1 Å². The highest BCUT2D eigenvalue weighted by Crippen LogP contribution is 2.21. The number of aliphatic hydroxyl groups excluding tert-OH is 1. The number of aliphatic hydroxyl groups is 1. The topological polar surface area (TPSA) is 58.3 Å². The van der Waals surface area contributed by atoms with Gasteiger partial charge in [-0.2, -0.15) is 0 Å². The first-order valence-corrected chi connectivity index (χ1v) is 6.90. The largest absolute Gasteiger partial charge is 0.462 e. The lowest BCUT2D eigenvalue weighted by molar-refractivity contribution is 0.242. The molecule has 0 atom stereocenters. The Labute approximate surface area is 114 Å². The summed E-state index contributed by atoms with van der Waals surface area (Å²) in [5.74, 6) is 1.42. The molecule has 2 aromatic heterocycles. The van der Waals surface area contributed by atoms with Crippen molar-refractivity contribution in [1.29, 1.82) is 0 Å². The highest BCUT2D eigenvalue weighted by atomic mass is 32.1. The molecule has 0 aliphatic rings. The van der Waals surface area contributed by atoms with Crippen LogP contribution in [0, 0.1) is 0 Å². The van der Waals surface area contributed by atoms with Crippen molar-refractivity contribution in [3.63, 3.8) is 0 Å². The summed E-state index contributed by atoms with van der Waals surface area (Å²) < 4.78 is 6.61. The summed E-state index contributed by atoms with van der Waals surface area (Å²) in [6.45, 7) is 1.29. The molecule has 3 rings (SSSR count). The Balaban J connectivity index is 1.59. The molecule has 0 aliphatic heterocycles. The molecular formula is C14H14N2O2S. The molecule has 98 valence electrons. The number of nitrogens with one attached hydrogen (secondary N) is 1. The fourth-order valence-electron chi connectivity index (χ4n) is 1.89. The lowest BCUT2D eigenvalue weighted by Crippen LogP contribution is -2.11. The first kappa shape index (κ1) is 12.3. The van der Waals surface area contributed by atoms with Crippen molar-refractivity contribution in [2.45, 2.75) is 19.7 Å². The van der Waals surface area contributed by atoms with Gasteiger partial charge < -0.3 is 14.8 Å². The second kappa shape index (κ2) is 5.52. The molecule has 0 aliphatic carbocycles. The summed E-state index contributed by atoms with van der Waals surface area (Å²) >= 11 is 1.70. The van der Waals surface area contributed by atoms with Gasteiger partial charge in [-0.25, -0.2) is 4.98 Å². The van der Waals surface area contributed by atoms with Gasteiger partial charge in [0, 0.05) is 6.54 Å². The van der Waals surface area contributed by atoms with Gasteiger partial charge in [0.25, 0.3) is 0 Å². The minimum absolute atomic E-state index is 0.0577. The molecule has 1 aromatic carbocycles. The van der Waals surface area contributed by atoms with Gasteiger partial charge in [-0.3, -0.25) is 0 Å². The number of furan rings is 1. The van der Waals surface area contributed by atoms with Crippen molar-refractivity contribution in [3.8, 4) is 0 Å². The lowest BCUT2D eigenvalue weighted by Gasteiger charge is -1.99. The maximum Gasteiger partial charge on any atom is 0.129 e. The molecule has 0 radical (unpaired) electrons. The molecule has 0 amide bonds. The van der Waals surface area contributed by atoms with Gasteiger partial charge in [0.15, 0.2) is 0 Å². The van der Waals surface area contributed by atoms with E-state index in [1.165, 1.54) is 4.70 Å². The molecule has 0 bridgehead atoms. The van der Waals surface area contributed by atoms with Crippen molar-refractivity contribution < 1.29 is 9.52 Å². The van der Waals surface area contributed by atoms with Gasteiger partial charge in [-0.05, 0) is 24.3 Å². The zero-order chi connectivity index (χ0) is 13.1. The second-order valence-corrected chi connectivity index (χ2v) is 5.32. The maximum absolute atomic E-state index is 8.91. The van der Waals surface area contributed by atoms with Crippen molar-refractivity contribution in [3.05, 3.63) is 52.9 Å². The van der Waals surface area contributed by atoms with E-state index >= 15 is 0 Å². The molecule has 0 unspecified atom stereocenters. The monoisotopic (exact) mass is 274 g/mol. The minimum Gasteiger partial charge on any atom is -0.462 e. The van der Waals surface area contributed by atoms with Crippen LogP contribution in [0.3, 0.4) is 0 Å². The van der Waals surface area contributed by atoms with Gasteiger partial charge in [-0.1, -0.05) is 12.1 Å². The van der Waals surface area contributed by atoms with Crippen molar-refractivity contribution in [2.24, 2.45) is 0 Å². The molecule has 2 heterocycles. The number of aromatic nitrogens is 1. The first-order valence-electron chi connectivity index (χ1n) is 6.09. The van der Waals surface area contributed by atoms with E-state index in [4.69, 9.17) is 9.52 Å². The highest BCUT2D eigenvalue weighted by molar-refractivity contribution is 7.18. The van der Waals surface area contributed by atoms with Crippen LogP contribution >= 0.6 is 11.3 Å². The molecule has 5 heteroatoms. The van der Waals surface area contributed by atoms with Gasteiger partial charge >= 0.3 is 0 Å². The smallest absolute Gasteiger partial charge is 0.129 e. The summed E-state index contributed by atoms with van der Waals surface area (Å²) in [7, 11) is 0. The second-order valence-electron chi connectivity index (χ2n) is 4.21. The Morgan fingerprint density at radius 2 is 1.95 bits per heavy atom. The predicted molar refractivity (Wildman–Crippen MR) is 74.8 cm³/mol. The van der Waals surface area contributed by atoms with Crippen LogP contribution in [0.15, 0.2) is 40.8 Å². The van der Waals surface area contributed by atoms with Crippen molar-refractivity contribution >= 4 is 21.6 Å². The van der Waals surface area contributed by atoms with E-state index in [1.54, 1.807) is 17.4 Å². The van der Waals surface area contributed by atoms with Crippen molar-refractivity contribution in [2.75, 3.05) is 0 Å². The van der Waals surface area contributed by atoms with Crippen LogP contribution in [0.5, 0.6) is 0 Å². The van der Waals surface area contributed by atoms with Crippen LogP contribution < -0.4 is 5.32 Å². The third-order valence-corrected chi connectivity index (χ3v) is 3.82. The van der Waals surface area contributed by atoms with Crippen LogP contribution in [0.2, 0.25) is 0 Å². The number of hydrogen-bond acceptors (Lipinski definition) is 5. The highest BCUT2D eigenvalue weighted by Gasteiger charge is 2.04.